The Morgan fingerprint density at radius 3 is 2.78 bits per heavy atom. The summed E-state index contributed by atoms with van der Waals surface area (Å²) in [5.41, 5.74) is -0.121. The van der Waals surface area contributed by atoms with Gasteiger partial charge in [-0.25, -0.2) is 9.18 Å². The monoisotopic (exact) mass is 333 g/mol. The van der Waals surface area contributed by atoms with E-state index in [2.05, 4.69) is 10.3 Å². The number of aromatic nitrogens is 1. The van der Waals surface area contributed by atoms with Crippen LogP contribution in [-0.4, -0.2) is 21.8 Å². The highest BCUT2D eigenvalue weighted by atomic mass is 35.5. The predicted molar refractivity (Wildman–Crippen MR) is 82.1 cm³/mol. The van der Waals surface area contributed by atoms with Crippen LogP contribution in [0.25, 0.3) is 0 Å². The molecule has 3 amide bonds. The smallest absolute Gasteiger partial charge is 0.319 e. The second-order valence-corrected chi connectivity index (χ2v) is 5.84. The van der Waals surface area contributed by atoms with Gasteiger partial charge >= 0.3 is 6.03 Å². The maximum atomic E-state index is 13.3. The Labute approximate surface area is 137 Å². The molecule has 23 heavy (non-hydrogen) atoms. The number of amides is 3. The summed E-state index contributed by atoms with van der Waals surface area (Å²) in [7, 11) is 0. The standard InChI is InChI=1S/C16H13ClFN3O2/c1-16(11-4-5-13(18)12(17)7-11)14(22)21(15(23)20-16)9-10-3-2-6-19-8-10/h2-8H,9H2,1H3,(H,20,23)/t16-/m0/s1. The number of urea groups is 1. The van der Waals surface area contributed by atoms with Crippen LogP contribution in [0.4, 0.5) is 9.18 Å². The summed E-state index contributed by atoms with van der Waals surface area (Å²) in [6, 6.07) is 6.95. The van der Waals surface area contributed by atoms with E-state index < -0.39 is 23.3 Å². The van der Waals surface area contributed by atoms with Gasteiger partial charge in [0.1, 0.15) is 11.4 Å². The molecule has 1 fully saturated rings. The van der Waals surface area contributed by atoms with Crippen LogP contribution in [0.3, 0.4) is 0 Å². The average molecular weight is 334 g/mol. The van der Waals surface area contributed by atoms with Gasteiger partial charge in [0.05, 0.1) is 11.6 Å². The Hall–Kier alpha value is -2.47. The maximum Gasteiger partial charge on any atom is 0.325 e. The molecule has 2 heterocycles. The molecule has 1 N–H and O–H groups in total. The van der Waals surface area contributed by atoms with Crippen molar-refractivity contribution in [1.82, 2.24) is 15.2 Å². The fourth-order valence-corrected chi connectivity index (χ4v) is 2.70. The van der Waals surface area contributed by atoms with E-state index in [1.54, 1.807) is 31.5 Å². The zero-order valence-electron chi connectivity index (χ0n) is 12.2. The molecule has 2 aromatic rings. The third-order valence-corrected chi connectivity index (χ3v) is 4.13. The number of benzene rings is 1. The van der Waals surface area contributed by atoms with Gasteiger partial charge in [-0.1, -0.05) is 23.7 Å². The number of rotatable bonds is 3. The van der Waals surface area contributed by atoms with Gasteiger partial charge < -0.3 is 5.32 Å². The number of halogens is 2. The topological polar surface area (TPSA) is 62.3 Å². The van der Waals surface area contributed by atoms with E-state index in [0.717, 1.165) is 10.5 Å². The van der Waals surface area contributed by atoms with Gasteiger partial charge in [0.25, 0.3) is 5.91 Å². The molecule has 3 rings (SSSR count). The molecule has 0 radical (unpaired) electrons. The van der Waals surface area contributed by atoms with Crippen LogP contribution in [0.5, 0.6) is 0 Å². The molecule has 1 saturated heterocycles. The second-order valence-electron chi connectivity index (χ2n) is 5.44. The van der Waals surface area contributed by atoms with E-state index in [1.165, 1.54) is 18.2 Å². The van der Waals surface area contributed by atoms with Crippen LogP contribution < -0.4 is 5.32 Å². The summed E-state index contributed by atoms with van der Waals surface area (Å²) < 4.78 is 13.3. The van der Waals surface area contributed by atoms with Crippen molar-refractivity contribution in [2.24, 2.45) is 0 Å². The van der Waals surface area contributed by atoms with Crippen molar-refractivity contribution in [2.45, 2.75) is 19.0 Å². The van der Waals surface area contributed by atoms with Crippen molar-refractivity contribution in [2.75, 3.05) is 0 Å². The highest BCUT2D eigenvalue weighted by molar-refractivity contribution is 6.30. The molecule has 1 aromatic heterocycles. The van der Waals surface area contributed by atoms with Crippen molar-refractivity contribution in [3.8, 4) is 0 Å². The minimum Gasteiger partial charge on any atom is -0.319 e. The zero-order valence-corrected chi connectivity index (χ0v) is 13.0. The van der Waals surface area contributed by atoms with E-state index in [-0.39, 0.29) is 11.6 Å². The molecule has 1 aromatic carbocycles. The lowest BCUT2D eigenvalue weighted by Gasteiger charge is -2.22. The van der Waals surface area contributed by atoms with Gasteiger partial charge in [0.2, 0.25) is 0 Å². The van der Waals surface area contributed by atoms with Crippen molar-refractivity contribution in [1.29, 1.82) is 0 Å². The number of hydrogen-bond acceptors (Lipinski definition) is 3. The van der Waals surface area contributed by atoms with Crippen LogP contribution in [0.15, 0.2) is 42.7 Å². The predicted octanol–water partition coefficient (Wildman–Crippen LogP) is 2.84. The van der Waals surface area contributed by atoms with Crippen LogP contribution in [0.1, 0.15) is 18.1 Å². The van der Waals surface area contributed by atoms with E-state index in [4.69, 9.17) is 11.6 Å². The molecular weight excluding hydrogens is 321 g/mol. The largest absolute Gasteiger partial charge is 0.325 e. The minimum absolute atomic E-state index is 0.100. The average Bonchev–Trinajstić information content (AvgIpc) is 2.75. The Bertz CT molecular complexity index is 784. The van der Waals surface area contributed by atoms with E-state index in [1.807, 2.05) is 0 Å². The molecule has 1 aliphatic rings. The molecule has 0 aliphatic carbocycles. The summed E-state index contributed by atoms with van der Waals surface area (Å²) >= 11 is 5.78. The van der Waals surface area contributed by atoms with Gasteiger partial charge in [-0.15, -0.1) is 0 Å². The summed E-state index contributed by atoms with van der Waals surface area (Å²) in [4.78, 5) is 30.0. The van der Waals surface area contributed by atoms with E-state index in [9.17, 15) is 14.0 Å². The molecule has 118 valence electrons. The first-order chi connectivity index (χ1) is 10.9. The Balaban J connectivity index is 1.92. The second kappa shape index (κ2) is 5.62. The lowest BCUT2D eigenvalue weighted by atomic mass is 9.92. The molecule has 1 aliphatic heterocycles. The van der Waals surface area contributed by atoms with Crippen molar-refractivity contribution in [3.05, 3.63) is 64.7 Å². The molecule has 0 unspecified atom stereocenters. The Morgan fingerprint density at radius 2 is 2.13 bits per heavy atom. The highest BCUT2D eigenvalue weighted by Crippen LogP contribution is 2.31. The van der Waals surface area contributed by atoms with Crippen LogP contribution in [0, 0.1) is 5.82 Å². The fourth-order valence-electron chi connectivity index (χ4n) is 2.52. The molecule has 0 spiro atoms. The quantitative estimate of drug-likeness (QED) is 0.879. The SMILES string of the molecule is C[C@@]1(c2ccc(F)c(Cl)c2)NC(=O)N(Cc2cccnc2)C1=O. The first kappa shape index (κ1) is 15.4. The molecule has 0 bridgehead atoms. The lowest BCUT2D eigenvalue weighted by molar-refractivity contribution is -0.131. The molecule has 7 heteroatoms. The van der Waals surface area contributed by atoms with Crippen molar-refractivity contribution in [3.63, 3.8) is 0 Å². The van der Waals surface area contributed by atoms with Crippen LogP contribution in [-0.2, 0) is 16.9 Å². The zero-order chi connectivity index (χ0) is 16.6. The summed E-state index contributed by atoms with van der Waals surface area (Å²) in [5, 5.41) is 2.55. The number of nitrogens with one attached hydrogen (secondary N) is 1. The number of imide groups is 1. The lowest BCUT2D eigenvalue weighted by Crippen LogP contribution is -2.40. The Morgan fingerprint density at radius 1 is 1.35 bits per heavy atom. The van der Waals surface area contributed by atoms with Crippen LogP contribution >= 0.6 is 11.6 Å². The third kappa shape index (κ3) is 2.66. The van der Waals surface area contributed by atoms with Crippen molar-refractivity contribution < 1.29 is 14.0 Å². The number of carbonyl (C=O) groups excluding carboxylic acids is 2. The molecular formula is C16H13ClFN3O2. The van der Waals surface area contributed by atoms with E-state index in [0.29, 0.717) is 5.56 Å². The van der Waals surface area contributed by atoms with Gasteiger partial charge in [0.15, 0.2) is 0 Å². The molecule has 0 saturated carbocycles. The number of hydrogen-bond donors (Lipinski definition) is 1. The normalized spacial score (nSPS) is 20.7. The Kier molecular flexibility index (Phi) is 3.77. The first-order valence-electron chi connectivity index (χ1n) is 6.90. The van der Waals surface area contributed by atoms with Gasteiger partial charge in [0, 0.05) is 12.4 Å². The van der Waals surface area contributed by atoms with Crippen LogP contribution in [0.2, 0.25) is 5.02 Å². The van der Waals surface area contributed by atoms with Gasteiger partial charge in [-0.05, 0) is 36.2 Å². The van der Waals surface area contributed by atoms with E-state index >= 15 is 0 Å². The van der Waals surface area contributed by atoms with Crippen molar-refractivity contribution >= 4 is 23.5 Å². The summed E-state index contributed by atoms with van der Waals surface area (Å²) in [5.74, 6) is -1.00. The van der Waals surface area contributed by atoms with Gasteiger partial charge in [-0.2, -0.15) is 0 Å². The highest BCUT2D eigenvalue weighted by Gasteiger charge is 2.49. The summed E-state index contributed by atoms with van der Waals surface area (Å²) in [6.45, 7) is 1.68. The third-order valence-electron chi connectivity index (χ3n) is 3.84. The fraction of sp³-hybridized carbons (Fsp3) is 0.188. The molecule has 5 nitrogen and oxygen atoms in total. The summed E-state index contributed by atoms with van der Waals surface area (Å²) in [6.07, 6.45) is 3.20. The number of pyridine rings is 1. The number of nitrogens with zero attached hydrogens (tertiary/aromatic N) is 2. The molecule has 1 atom stereocenters. The number of carbonyl (C=O) groups is 2. The maximum absolute atomic E-state index is 13.3. The first-order valence-corrected chi connectivity index (χ1v) is 7.28. The van der Waals surface area contributed by atoms with Gasteiger partial charge in [-0.3, -0.25) is 14.7 Å². The minimum atomic E-state index is -1.28.